The predicted molar refractivity (Wildman–Crippen MR) is 196 cm³/mol. The van der Waals surface area contributed by atoms with Crippen LogP contribution >= 0.6 is 0 Å². The molecule has 2 saturated heterocycles. The summed E-state index contributed by atoms with van der Waals surface area (Å²) in [6.07, 6.45) is 1.42. The molecule has 0 unspecified atom stereocenters. The summed E-state index contributed by atoms with van der Waals surface area (Å²) >= 11 is 0. The van der Waals surface area contributed by atoms with Crippen molar-refractivity contribution in [2.45, 2.75) is 58.5 Å². The van der Waals surface area contributed by atoms with Crippen LogP contribution in [0.4, 0.5) is 8.78 Å². The molecule has 2 aliphatic heterocycles. The Morgan fingerprint density at radius 2 is 1.63 bits per heavy atom. The third-order valence-electron chi connectivity index (χ3n) is 10.6. The van der Waals surface area contributed by atoms with Gasteiger partial charge in [-0.2, -0.15) is 14.0 Å². The summed E-state index contributed by atoms with van der Waals surface area (Å²) in [5, 5.41) is 19.6. The zero-order chi connectivity index (χ0) is 37.7. The van der Waals surface area contributed by atoms with Crippen LogP contribution in [-0.4, -0.2) is 76.3 Å². The quantitative estimate of drug-likeness (QED) is 0.139. The monoisotopic (exact) mass is 733 g/mol. The van der Waals surface area contributed by atoms with Crippen molar-refractivity contribution in [2.75, 3.05) is 26.7 Å². The van der Waals surface area contributed by atoms with Gasteiger partial charge in [0.25, 0.3) is 0 Å². The number of carboxylic acid groups (broad SMARTS) is 1. The number of carboxylic acids is 1. The molecule has 1 atom stereocenters. The van der Waals surface area contributed by atoms with E-state index in [0.29, 0.717) is 71.0 Å². The average molecular weight is 734 g/mol. The molecule has 0 saturated carbocycles. The Morgan fingerprint density at radius 1 is 0.963 bits per heavy atom. The number of methoxy groups -OCH3 is 1. The van der Waals surface area contributed by atoms with Crippen LogP contribution in [0.2, 0.25) is 0 Å². The van der Waals surface area contributed by atoms with Gasteiger partial charge in [0.05, 0.1) is 11.7 Å². The lowest BCUT2D eigenvalue weighted by Gasteiger charge is -2.38. The van der Waals surface area contributed by atoms with Crippen molar-refractivity contribution in [3.05, 3.63) is 88.5 Å². The van der Waals surface area contributed by atoms with Gasteiger partial charge in [-0.1, -0.05) is 24.3 Å². The van der Waals surface area contributed by atoms with E-state index in [9.17, 15) is 23.9 Å². The van der Waals surface area contributed by atoms with Crippen molar-refractivity contribution >= 4 is 28.2 Å². The summed E-state index contributed by atoms with van der Waals surface area (Å²) in [4.78, 5) is 25.4. The van der Waals surface area contributed by atoms with Crippen molar-refractivity contribution in [2.24, 2.45) is 0 Å². The Labute approximate surface area is 309 Å². The third-order valence-corrected chi connectivity index (χ3v) is 10.6. The first-order valence-corrected chi connectivity index (χ1v) is 17.7. The number of hydrogen-bond donors (Lipinski definition) is 1. The first-order valence-electron chi connectivity index (χ1n) is 17.7. The third kappa shape index (κ3) is 6.57. The predicted octanol–water partition coefficient (Wildman–Crippen LogP) is 7.94. The smallest absolute Gasteiger partial charge is 0.387 e. The lowest BCUT2D eigenvalue weighted by atomic mass is 9.91. The van der Waals surface area contributed by atoms with Crippen LogP contribution in [0.25, 0.3) is 56.2 Å². The number of aliphatic carboxylic acids is 1. The van der Waals surface area contributed by atoms with Gasteiger partial charge in [0.1, 0.15) is 28.9 Å². The largest absolute Gasteiger partial charge is 0.480 e. The second kappa shape index (κ2) is 14.3. The van der Waals surface area contributed by atoms with Gasteiger partial charge in [-0.05, 0) is 91.4 Å². The minimum atomic E-state index is -3.07. The molecule has 276 valence electrons. The van der Waals surface area contributed by atoms with E-state index in [-0.39, 0.29) is 24.0 Å². The van der Waals surface area contributed by atoms with Crippen LogP contribution in [0, 0.1) is 25.2 Å². The Balaban J connectivity index is 1.12. The van der Waals surface area contributed by atoms with Gasteiger partial charge < -0.3 is 23.4 Å². The summed E-state index contributed by atoms with van der Waals surface area (Å²) in [5.41, 5.74) is 8.75. The Hall–Kier alpha value is -5.68. The first-order chi connectivity index (χ1) is 26.1. The van der Waals surface area contributed by atoms with E-state index >= 15 is 0 Å². The second-order valence-electron chi connectivity index (χ2n) is 13.9. The van der Waals surface area contributed by atoms with Crippen LogP contribution in [0.1, 0.15) is 40.7 Å². The number of hydrogen-bond acceptors (Lipinski definition) is 10. The molecule has 4 aromatic carbocycles. The molecule has 1 N–H and O–H groups in total. The van der Waals surface area contributed by atoms with Crippen molar-refractivity contribution in [1.29, 1.82) is 5.26 Å². The molecule has 8 rings (SSSR count). The van der Waals surface area contributed by atoms with E-state index in [0.717, 1.165) is 46.5 Å². The van der Waals surface area contributed by atoms with Gasteiger partial charge in [0.15, 0.2) is 11.2 Å². The van der Waals surface area contributed by atoms with E-state index in [1.807, 2.05) is 62.4 Å². The van der Waals surface area contributed by atoms with Crippen molar-refractivity contribution < 1.29 is 37.0 Å². The normalized spacial score (nSPS) is 16.7. The highest BCUT2D eigenvalue weighted by molar-refractivity contribution is 5.86. The Bertz CT molecular complexity index is 2450. The number of likely N-dealkylation sites (tertiary alicyclic amines) is 2. The maximum absolute atomic E-state index is 13.5. The molecule has 0 bridgehead atoms. The SMILES string of the molecule is COC1CN(Cc2cc(C#N)c3oc(-c4cccc(-c5cccc(-c6nc7cc(CN8CCC[C@H]8C(=O)O)c(OC(F)F)cc7o6)c5C)c4C)nc3c2)C1. The molecule has 0 radical (unpaired) electrons. The molecule has 11 nitrogen and oxygen atoms in total. The van der Waals surface area contributed by atoms with Gasteiger partial charge >= 0.3 is 12.6 Å². The summed E-state index contributed by atoms with van der Waals surface area (Å²) in [6, 6.07) is 20.1. The van der Waals surface area contributed by atoms with Crippen LogP contribution in [0.5, 0.6) is 5.75 Å². The van der Waals surface area contributed by atoms with E-state index in [4.69, 9.17) is 28.3 Å². The standard InChI is InChI=1S/C41H37F2N5O6/c1-22-28(29-8-5-10-31(23(29)2)39-46-33-14-24(13-25(17-44)37(33)54-39)18-47-20-27(21-47)51-3)7-4-9-30(22)38-45-32-15-26(19-48-12-6-11-34(48)40(49)50)35(53-41(42)43)16-36(32)52-38/h4-5,7-10,13-16,27,34,41H,6,11-12,18-21H2,1-3H3,(H,49,50)/t34-/m0/s1. The number of oxazole rings is 2. The summed E-state index contributed by atoms with van der Waals surface area (Å²) in [7, 11) is 1.71. The number of carbonyl (C=O) groups is 1. The highest BCUT2D eigenvalue weighted by Crippen LogP contribution is 2.39. The molecule has 54 heavy (non-hydrogen) atoms. The highest BCUT2D eigenvalue weighted by atomic mass is 19.3. The van der Waals surface area contributed by atoms with Crippen LogP contribution in [-0.2, 0) is 22.6 Å². The zero-order valence-electron chi connectivity index (χ0n) is 29.9. The van der Waals surface area contributed by atoms with Crippen molar-refractivity contribution in [1.82, 2.24) is 19.8 Å². The lowest BCUT2D eigenvalue weighted by Crippen LogP contribution is -2.50. The number of fused-ring (bicyclic) bond motifs is 2. The summed E-state index contributed by atoms with van der Waals surface area (Å²) in [5.74, 6) is -0.309. The maximum Gasteiger partial charge on any atom is 0.387 e. The van der Waals surface area contributed by atoms with Crippen LogP contribution < -0.4 is 4.74 Å². The fraction of sp³-hybridized carbons (Fsp3) is 0.317. The second-order valence-corrected chi connectivity index (χ2v) is 13.9. The maximum atomic E-state index is 13.5. The number of nitriles is 1. The molecule has 2 fully saturated rings. The molecule has 0 aliphatic carbocycles. The lowest BCUT2D eigenvalue weighted by molar-refractivity contribution is -0.142. The number of benzene rings is 4. The van der Waals surface area contributed by atoms with Gasteiger partial charge in [-0.25, -0.2) is 9.97 Å². The van der Waals surface area contributed by atoms with Gasteiger partial charge in [-0.15, -0.1) is 0 Å². The number of alkyl halides is 2. The van der Waals surface area contributed by atoms with Gasteiger partial charge in [0.2, 0.25) is 11.8 Å². The number of rotatable bonds is 11. The van der Waals surface area contributed by atoms with E-state index < -0.39 is 18.6 Å². The van der Waals surface area contributed by atoms with Crippen LogP contribution in [0.3, 0.4) is 0 Å². The van der Waals surface area contributed by atoms with E-state index in [2.05, 4.69) is 11.0 Å². The molecule has 2 aliphatic rings. The Morgan fingerprint density at radius 3 is 2.28 bits per heavy atom. The minimum Gasteiger partial charge on any atom is -0.480 e. The minimum absolute atomic E-state index is 0.0807. The van der Waals surface area contributed by atoms with Gasteiger partial charge in [0, 0.05) is 56.0 Å². The summed E-state index contributed by atoms with van der Waals surface area (Å²) in [6.45, 7) is 3.91. The van der Waals surface area contributed by atoms with Crippen molar-refractivity contribution in [3.63, 3.8) is 0 Å². The van der Waals surface area contributed by atoms with Crippen LogP contribution in [0.15, 0.2) is 69.5 Å². The first kappa shape index (κ1) is 35.4. The fourth-order valence-corrected chi connectivity index (χ4v) is 7.71. The highest BCUT2D eigenvalue weighted by Gasteiger charge is 2.32. The fourth-order valence-electron chi connectivity index (χ4n) is 7.71. The van der Waals surface area contributed by atoms with E-state index in [1.165, 1.54) is 6.07 Å². The molecule has 4 heterocycles. The summed E-state index contributed by atoms with van der Waals surface area (Å²) < 4.78 is 49.7. The Kier molecular flexibility index (Phi) is 9.35. The number of halogens is 2. The van der Waals surface area contributed by atoms with Crippen molar-refractivity contribution in [3.8, 4) is 45.9 Å². The number of aromatic nitrogens is 2. The van der Waals surface area contributed by atoms with E-state index in [1.54, 1.807) is 18.1 Å². The molecule has 13 heteroatoms. The molecule has 2 aromatic heterocycles. The zero-order valence-corrected chi connectivity index (χ0v) is 29.9. The molecule has 0 amide bonds. The molecule has 0 spiro atoms. The molecular weight excluding hydrogens is 696 g/mol. The topological polar surface area (TPSA) is 138 Å². The number of nitrogens with zero attached hydrogens (tertiary/aromatic N) is 5. The average Bonchev–Trinajstić information content (AvgIpc) is 3.88. The number of ether oxygens (including phenoxy) is 2. The van der Waals surface area contributed by atoms with Gasteiger partial charge in [-0.3, -0.25) is 14.6 Å². The molecule has 6 aromatic rings. The molecular formula is C41H37F2N5O6.